The fourth-order valence-corrected chi connectivity index (χ4v) is 7.81. The van der Waals surface area contributed by atoms with Crippen molar-refractivity contribution in [3.8, 4) is 0 Å². The van der Waals surface area contributed by atoms with Crippen LogP contribution in [0.2, 0.25) is 0 Å². The van der Waals surface area contributed by atoms with Crippen molar-refractivity contribution >= 4 is 5.91 Å². The maximum atomic E-state index is 13.4. The van der Waals surface area contributed by atoms with Gasteiger partial charge in [-0.2, -0.15) is 0 Å². The average Bonchev–Trinajstić information content (AvgIpc) is 3.06. The summed E-state index contributed by atoms with van der Waals surface area (Å²) in [7, 11) is 0. The van der Waals surface area contributed by atoms with Crippen molar-refractivity contribution in [3.63, 3.8) is 0 Å². The van der Waals surface area contributed by atoms with E-state index in [4.69, 9.17) is 0 Å². The molecular formula is C25H37NO2. The van der Waals surface area contributed by atoms with E-state index in [0.29, 0.717) is 17.7 Å². The van der Waals surface area contributed by atoms with Gasteiger partial charge in [0, 0.05) is 24.1 Å². The van der Waals surface area contributed by atoms with E-state index in [2.05, 4.69) is 30.9 Å². The van der Waals surface area contributed by atoms with Gasteiger partial charge in [0.25, 0.3) is 0 Å². The normalized spacial score (nSPS) is 45.5. The lowest BCUT2D eigenvalue weighted by Gasteiger charge is -2.57. The minimum absolute atomic E-state index is 0.0750. The van der Waals surface area contributed by atoms with Crippen molar-refractivity contribution in [1.29, 1.82) is 0 Å². The summed E-state index contributed by atoms with van der Waals surface area (Å²) in [5.74, 6) is 2.40. The largest absolute Gasteiger partial charge is 0.393 e. The number of aliphatic hydroxyl groups excluding tert-OH is 1. The number of carbonyl (C=O) groups excluding carboxylic acids is 1. The number of aliphatic hydroxyl groups is 1. The molecular weight excluding hydrogens is 346 g/mol. The Morgan fingerprint density at radius 2 is 1.75 bits per heavy atom. The van der Waals surface area contributed by atoms with Gasteiger partial charge < -0.3 is 10.0 Å². The van der Waals surface area contributed by atoms with Crippen LogP contribution in [0.1, 0.15) is 78.1 Å². The molecule has 5 aliphatic rings. The van der Waals surface area contributed by atoms with E-state index >= 15 is 0 Å². The molecule has 4 aliphatic carbocycles. The second-order valence-electron chi connectivity index (χ2n) is 10.8. The molecule has 0 aromatic carbocycles. The average molecular weight is 384 g/mol. The quantitative estimate of drug-likeness (QED) is 0.657. The highest BCUT2D eigenvalue weighted by Crippen LogP contribution is 2.65. The van der Waals surface area contributed by atoms with Crippen molar-refractivity contribution < 1.29 is 9.90 Å². The molecule has 0 unspecified atom stereocenters. The van der Waals surface area contributed by atoms with Crippen molar-refractivity contribution in [2.24, 2.45) is 28.6 Å². The molecule has 0 radical (unpaired) electrons. The maximum Gasteiger partial charge on any atom is 0.250 e. The van der Waals surface area contributed by atoms with E-state index in [-0.39, 0.29) is 16.9 Å². The SMILES string of the molecule is C[C@]12CC[C@H](O)CC1=CC[C@@H]1[C@@H]2CC[C@@]2(C)C(C(=O)N3CCCCC3)=CC[C@@H]12. The van der Waals surface area contributed by atoms with E-state index < -0.39 is 0 Å². The van der Waals surface area contributed by atoms with Crippen LogP contribution < -0.4 is 0 Å². The zero-order valence-electron chi connectivity index (χ0n) is 17.8. The fraction of sp³-hybridized carbons (Fsp3) is 0.800. The number of rotatable bonds is 1. The molecule has 154 valence electrons. The lowest BCUT2D eigenvalue weighted by molar-refractivity contribution is -0.130. The summed E-state index contributed by atoms with van der Waals surface area (Å²) in [6.45, 7) is 6.79. The van der Waals surface area contributed by atoms with E-state index in [1.165, 1.54) is 31.3 Å². The van der Waals surface area contributed by atoms with Gasteiger partial charge in [-0.3, -0.25) is 4.79 Å². The van der Waals surface area contributed by atoms with Crippen molar-refractivity contribution in [2.75, 3.05) is 13.1 Å². The third kappa shape index (κ3) is 2.68. The number of amides is 1. The van der Waals surface area contributed by atoms with Crippen LogP contribution in [-0.2, 0) is 4.79 Å². The zero-order valence-corrected chi connectivity index (χ0v) is 17.8. The monoisotopic (exact) mass is 383 g/mol. The molecule has 1 amide bonds. The summed E-state index contributed by atoms with van der Waals surface area (Å²) in [5, 5.41) is 10.2. The molecule has 6 atom stereocenters. The number of fused-ring (bicyclic) bond motifs is 5. The molecule has 3 fully saturated rings. The summed E-state index contributed by atoms with van der Waals surface area (Å²) in [6.07, 6.45) is 15.9. The third-order valence-electron chi connectivity index (χ3n) is 9.53. The molecule has 1 saturated heterocycles. The van der Waals surface area contributed by atoms with Crippen LogP contribution in [0.3, 0.4) is 0 Å². The summed E-state index contributed by atoms with van der Waals surface area (Å²) in [5.41, 5.74) is 3.04. The van der Waals surface area contributed by atoms with E-state index in [9.17, 15) is 9.90 Å². The molecule has 1 aliphatic heterocycles. The highest BCUT2D eigenvalue weighted by molar-refractivity contribution is 5.95. The van der Waals surface area contributed by atoms with Gasteiger partial charge in [0.2, 0.25) is 5.91 Å². The Balaban J connectivity index is 1.40. The molecule has 0 aromatic heterocycles. The molecule has 0 aromatic rings. The number of hydrogen-bond donors (Lipinski definition) is 1. The Hall–Kier alpha value is -1.09. The van der Waals surface area contributed by atoms with Crippen molar-refractivity contribution in [3.05, 3.63) is 23.3 Å². The zero-order chi connectivity index (χ0) is 19.5. The predicted molar refractivity (Wildman–Crippen MR) is 112 cm³/mol. The van der Waals surface area contributed by atoms with Gasteiger partial charge in [-0.1, -0.05) is 31.6 Å². The van der Waals surface area contributed by atoms with Crippen LogP contribution in [0.5, 0.6) is 0 Å². The van der Waals surface area contributed by atoms with Crippen LogP contribution in [-0.4, -0.2) is 35.1 Å². The van der Waals surface area contributed by atoms with Crippen LogP contribution in [0, 0.1) is 28.6 Å². The smallest absolute Gasteiger partial charge is 0.250 e. The van der Waals surface area contributed by atoms with Gasteiger partial charge in [-0.05, 0) is 87.4 Å². The van der Waals surface area contributed by atoms with Gasteiger partial charge >= 0.3 is 0 Å². The Bertz CT molecular complexity index is 718. The molecule has 1 N–H and O–H groups in total. The van der Waals surface area contributed by atoms with Crippen molar-refractivity contribution in [1.82, 2.24) is 4.90 Å². The van der Waals surface area contributed by atoms with Crippen LogP contribution >= 0.6 is 0 Å². The summed E-state index contributed by atoms with van der Waals surface area (Å²) >= 11 is 0. The van der Waals surface area contributed by atoms with E-state index in [1.807, 2.05) is 0 Å². The first-order valence-electron chi connectivity index (χ1n) is 11.8. The number of carbonyl (C=O) groups is 1. The molecule has 28 heavy (non-hydrogen) atoms. The second-order valence-corrected chi connectivity index (χ2v) is 10.8. The Kier molecular flexibility index (Phi) is 4.54. The van der Waals surface area contributed by atoms with Gasteiger partial charge in [-0.15, -0.1) is 0 Å². The van der Waals surface area contributed by atoms with Gasteiger partial charge in [0.1, 0.15) is 0 Å². The Morgan fingerprint density at radius 1 is 1.00 bits per heavy atom. The number of nitrogens with zero attached hydrogens (tertiary/aromatic N) is 1. The molecule has 0 bridgehead atoms. The van der Waals surface area contributed by atoms with E-state index in [1.54, 1.807) is 0 Å². The summed E-state index contributed by atoms with van der Waals surface area (Å²) in [6, 6.07) is 0. The van der Waals surface area contributed by atoms with Gasteiger partial charge in [-0.25, -0.2) is 0 Å². The molecule has 0 spiro atoms. The van der Waals surface area contributed by atoms with Gasteiger partial charge in [0.05, 0.1) is 6.10 Å². The van der Waals surface area contributed by atoms with Crippen LogP contribution in [0.4, 0.5) is 0 Å². The van der Waals surface area contributed by atoms with Gasteiger partial charge in [0.15, 0.2) is 0 Å². The number of piperidine rings is 1. The summed E-state index contributed by atoms with van der Waals surface area (Å²) in [4.78, 5) is 15.5. The van der Waals surface area contributed by atoms with Crippen LogP contribution in [0.25, 0.3) is 0 Å². The lowest BCUT2D eigenvalue weighted by Crippen LogP contribution is -2.51. The first kappa shape index (κ1) is 18.9. The number of likely N-dealkylation sites (tertiary alicyclic amines) is 1. The number of hydrogen-bond acceptors (Lipinski definition) is 2. The fourth-order valence-electron chi connectivity index (χ4n) is 7.81. The standard InChI is InChI=1S/C25H37NO2/c1-24-12-10-18(27)16-17(24)6-7-19-20-8-9-22(25(20,2)13-11-21(19)24)23(28)26-14-4-3-5-15-26/h6,9,18-21,27H,3-5,7-8,10-16H2,1-2H3/t18-,19-,20-,21-,24-,25+/m0/s1. The Morgan fingerprint density at radius 3 is 2.54 bits per heavy atom. The maximum absolute atomic E-state index is 13.4. The lowest BCUT2D eigenvalue weighted by atomic mass is 9.47. The minimum Gasteiger partial charge on any atom is -0.393 e. The number of allylic oxidation sites excluding steroid dienone is 2. The molecule has 3 nitrogen and oxygen atoms in total. The molecule has 2 saturated carbocycles. The minimum atomic E-state index is -0.133. The van der Waals surface area contributed by atoms with Crippen LogP contribution in [0.15, 0.2) is 23.3 Å². The third-order valence-corrected chi connectivity index (χ3v) is 9.53. The molecule has 5 rings (SSSR count). The summed E-state index contributed by atoms with van der Waals surface area (Å²) < 4.78 is 0. The first-order valence-corrected chi connectivity index (χ1v) is 11.8. The van der Waals surface area contributed by atoms with E-state index in [0.717, 1.165) is 63.1 Å². The predicted octanol–water partition coefficient (Wildman–Crippen LogP) is 4.86. The van der Waals surface area contributed by atoms with Crippen molar-refractivity contribution in [2.45, 2.75) is 84.2 Å². The highest BCUT2D eigenvalue weighted by atomic mass is 16.3. The molecule has 3 heteroatoms. The topological polar surface area (TPSA) is 40.5 Å². The first-order chi connectivity index (χ1) is 13.4. The molecule has 1 heterocycles. The second kappa shape index (κ2) is 6.72. The highest BCUT2D eigenvalue weighted by Gasteiger charge is 2.57. The Labute approximate surface area is 170 Å².